The first kappa shape index (κ1) is 13.9. The fraction of sp³-hybridized carbons (Fsp3) is 0.300. The standard InChI is InChI=1S/C20H23N/c1-15-6-4-5-7-20(15)19-12-10-18(11-13-19)14-21-16(2)8-9-17(21)3/h4-8,10-13,17H,9,14H2,1-3H3. The van der Waals surface area contributed by atoms with Crippen LogP contribution in [0.15, 0.2) is 60.3 Å². The summed E-state index contributed by atoms with van der Waals surface area (Å²) in [6.07, 6.45) is 3.51. The van der Waals surface area contributed by atoms with Crippen LogP contribution >= 0.6 is 0 Å². The minimum Gasteiger partial charge on any atom is -0.368 e. The molecule has 0 aromatic heterocycles. The van der Waals surface area contributed by atoms with Crippen molar-refractivity contribution in [3.8, 4) is 11.1 Å². The summed E-state index contributed by atoms with van der Waals surface area (Å²) in [4.78, 5) is 2.49. The molecule has 0 spiro atoms. The van der Waals surface area contributed by atoms with Crippen molar-refractivity contribution in [3.63, 3.8) is 0 Å². The minimum atomic E-state index is 0.626. The van der Waals surface area contributed by atoms with Gasteiger partial charge in [-0.2, -0.15) is 0 Å². The van der Waals surface area contributed by atoms with Gasteiger partial charge in [0.25, 0.3) is 0 Å². The van der Waals surface area contributed by atoms with Gasteiger partial charge < -0.3 is 4.90 Å². The Morgan fingerprint density at radius 2 is 1.71 bits per heavy atom. The molecule has 0 radical (unpaired) electrons. The van der Waals surface area contributed by atoms with E-state index >= 15 is 0 Å². The van der Waals surface area contributed by atoms with Crippen molar-refractivity contribution >= 4 is 0 Å². The van der Waals surface area contributed by atoms with Crippen LogP contribution in [0.2, 0.25) is 0 Å². The molecule has 0 bridgehead atoms. The van der Waals surface area contributed by atoms with E-state index in [2.05, 4.69) is 80.3 Å². The molecule has 2 aromatic carbocycles. The Hall–Kier alpha value is -2.02. The molecular formula is C20H23N. The lowest BCUT2D eigenvalue weighted by Crippen LogP contribution is -2.25. The topological polar surface area (TPSA) is 3.24 Å². The van der Waals surface area contributed by atoms with Crippen LogP contribution in [0.5, 0.6) is 0 Å². The summed E-state index contributed by atoms with van der Waals surface area (Å²) in [5.74, 6) is 0. The summed E-state index contributed by atoms with van der Waals surface area (Å²) in [5, 5.41) is 0. The van der Waals surface area contributed by atoms with Gasteiger partial charge in [0.05, 0.1) is 0 Å². The third kappa shape index (κ3) is 2.87. The zero-order chi connectivity index (χ0) is 14.8. The van der Waals surface area contributed by atoms with Crippen LogP contribution in [-0.2, 0) is 6.54 Å². The van der Waals surface area contributed by atoms with Gasteiger partial charge in [0.2, 0.25) is 0 Å². The van der Waals surface area contributed by atoms with Crippen molar-refractivity contribution < 1.29 is 0 Å². The molecule has 1 aliphatic rings. The van der Waals surface area contributed by atoms with Crippen molar-refractivity contribution in [1.29, 1.82) is 0 Å². The number of allylic oxidation sites excluding steroid dienone is 1. The largest absolute Gasteiger partial charge is 0.368 e. The van der Waals surface area contributed by atoms with Crippen LogP contribution in [0.25, 0.3) is 11.1 Å². The number of hydrogen-bond donors (Lipinski definition) is 0. The lowest BCUT2D eigenvalue weighted by atomic mass is 9.99. The molecule has 0 amide bonds. The second-order valence-corrected chi connectivity index (χ2v) is 6.07. The van der Waals surface area contributed by atoms with Crippen molar-refractivity contribution in [1.82, 2.24) is 4.90 Å². The van der Waals surface area contributed by atoms with Gasteiger partial charge >= 0.3 is 0 Å². The maximum atomic E-state index is 2.49. The first-order valence-electron chi connectivity index (χ1n) is 7.73. The average molecular weight is 277 g/mol. The first-order chi connectivity index (χ1) is 10.1. The molecule has 2 aromatic rings. The normalized spacial score (nSPS) is 18.0. The molecular weight excluding hydrogens is 254 g/mol. The molecule has 1 atom stereocenters. The summed E-state index contributed by atoms with van der Waals surface area (Å²) in [5.41, 5.74) is 6.75. The Bertz CT molecular complexity index is 652. The van der Waals surface area contributed by atoms with Gasteiger partial charge in [-0.3, -0.25) is 0 Å². The lowest BCUT2D eigenvalue weighted by Gasteiger charge is -2.26. The molecule has 0 N–H and O–H groups in total. The SMILES string of the molecule is CC1=CCC(C)N1Cc1ccc(-c2ccccc2C)cc1. The molecule has 0 saturated heterocycles. The summed E-state index contributed by atoms with van der Waals surface area (Å²) >= 11 is 0. The highest BCUT2D eigenvalue weighted by Gasteiger charge is 2.19. The van der Waals surface area contributed by atoms with Crippen LogP contribution in [-0.4, -0.2) is 10.9 Å². The molecule has 1 heterocycles. The van der Waals surface area contributed by atoms with E-state index in [1.807, 2.05) is 0 Å². The maximum absolute atomic E-state index is 2.49. The van der Waals surface area contributed by atoms with E-state index in [4.69, 9.17) is 0 Å². The Labute approximate surface area is 127 Å². The minimum absolute atomic E-state index is 0.626. The van der Waals surface area contributed by atoms with Crippen LogP contribution in [0, 0.1) is 6.92 Å². The van der Waals surface area contributed by atoms with E-state index in [9.17, 15) is 0 Å². The highest BCUT2D eigenvalue weighted by molar-refractivity contribution is 5.67. The van der Waals surface area contributed by atoms with E-state index in [1.54, 1.807) is 0 Å². The molecule has 21 heavy (non-hydrogen) atoms. The summed E-state index contributed by atoms with van der Waals surface area (Å²) in [6.45, 7) is 7.70. The van der Waals surface area contributed by atoms with Crippen LogP contribution in [0.1, 0.15) is 31.4 Å². The quantitative estimate of drug-likeness (QED) is 0.749. The predicted molar refractivity (Wildman–Crippen MR) is 90.0 cm³/mol. The smallest absolute Gasteiger partial charge is 0.0429 e. The zero-order valence-corrected chi connectivity index (χ0v) is 13.1. The van der Waals surface area contributed by atoms with Crippen molar-refractivity contribution in [3.05, 3.63) is 71.4 Å². The maximum Gasteiger partial charge on any atom is 0.0429 e. The summed E-state index contributed by atoms with van der Waals surface area (Å²) in [6, 6.07) is 18.2. The fourth-order valence-corrected chi connectivity index (χ4v) is 3.10. The second-order valence-electron chi connectivity index (χ2n) is 6.07. The molecule has 108 valence electrons. The average Bonchev–Trinajstić information content (AvgIpc) is 2.81. The molecule has 1 aliphatic heterocycles. The van der Waals surface area contributed by atoms with Crippen LogP contribution in [0.4, 0.5) is 0 Å². The summed E-state index contributed by atoms with van der Waals surface area (Å²) in [7, 11) is 0. The molecule has 1 unspecified atom stereocenters. The third-order valence-electron chi connectivity index (χ3n) is 4.50. The summed E-state index contributed by atoms with van der Waals surface area (Å²) < 4.78 is 0. The second kappa shape index (κ2) is 5.77. The highest BCUT2D eigenvalue weighted by Crippen LogP contribution is 2.26. The van der Waals surface area contributed by atoms with E-state index in [0.717, 1.165) is 6.54 Å². The first-order valence-corrected chi connectivity index (χ1v) is 7.73. The van der Waals surface area contributed by atoms with Gasteiger partial charge in [-0.15, -0.1) is 0 Å². The Morgan fingerprint density at radius 3 is 2.33 bits per heavy atom. The van der Waals surface area contributed by atoms with Crippen molar-refractivity contribution in [2.45, 2.75) is 39.8 Å². The monoisotopic (exact) mass is 277 g/mol. The van der Waals surface area contributed by atoms with E-state index in [0.29, 0.717) is 6.04 Å². The lowest BCUT2D eigenvalue weighted by molar-refractivity contribution is 0.287. The van der Waals surface area contributed by atoms with Gasteiger partial charge in [0, 0.05) is 18.3 Å². The molecule has 0 fully saturated rings. The molecule has 1 heteroatoms. The van der Waals surface area contributed by atoms with Crippen LogP contribution in [0.3, 0.4) is 0 Å². The third-order valence-corrected chi connectivity index (χ3v) is 4.50. The van der Waals surface area contributed by atoms with Crippen molar-refractivity contribution in [2.24, 2.45) is 0 Å². The van der Waals surface area contributed by atoms with Gasteiger partial charge in [0.1, 0.15) is 0 Å². The van der Waals surface area contributed by atoms with Gasteiger partial charge in [-0.05, 0) is 49.4 Å². The van der Waals surface area contributed by atoms with Gasteiger partial charge in [-0.1, -0.05) is 54.6 Å². The molecule has 0 saturated carbocycles. The Morgan fingerprint density at radius 1 is 1.00 bits per heavy atom. The van der Waals surface area contributed by atoms with Crippen molar-refractivity contribution in [2.75, 3.05) is 0 Å². The molecule has 1 nitrogen and oxygen atoms in total. The molecule has 0 aliphatic carbocycles. The number of rotatable bonds is 3. The van der Waals surface area contributed by atoms with E-state index < -0.39 is 0 Å². The fourth-order valence-electron chi connectivity index (χ4n) is 3.10. The number of nitrogens with zero attached hydrogens (tertiary/aromatic N) is 1. The Kier molecular flexibility index (Phi) is 3.83. The highest BCUT2D eigenvalue weighted by atomic mass is 15.2. The Balaban J connectivity index is 1.79. The number of hydrogen-bond acceptors (Lipinski definition) is 1. The van der Waals surface area contributed by atoms with E-state index in [-0.39, 0.29) is 0 Å². The van der Waals surface area contributed by atoms with Gasteiger partial charge in [0.15, 0.2) is 0 Å². The number of aryl methyl sites for hydroxylation is 1. The van der Waals surface area contributed by atoms with Gasteiger partial charge in [-0.25, -0.2) is 0 Å². The zero-order valence-electron chi connectivity index (χ0n) is 13.1. The molecule has 3 rings (SSSR count). The number of benzene rings is 2. The van der Waals surface area contributed by atoms with Crippen LogP contribution < -0.4 is 0 Å². The van der Waals surface area contributed by atoms with E-state index in [1.165, 1.54) is 34.4 Å². The predicted octanol–water partition coefficient (Wildman–Crippen LogP) is 5.16.